The number of thiocarbonyl (C=S) groups is 1. The molecule has 24 nitrogen and oxygen atoms in total. The number of rotatable bonds is 37. The van der Waals surface area contributed by atoms with Crippen LogP contribution in [-0.4, -0.2) is 153 Å². The number of amides is 5. The van der Waals surface area contributed by atoms with Gasteiger partial charge in [0.25, 0.3) is 0 Å². The van der Waals surface area contributed by atoms with Crippen LogP contribution in [0.4, 0.5) is 4.79 Å². The van der Waals surface area contributed by atoms with E-state index >= 15 is 0 Å². The number of hydrogen-bond acceptors (Lipinski definition) is 16. The molecule has 0 saturated carbocycles. The lowest BCUT2D eigenvalue weighted by molar-refractivity contribution is -0.144. The van der Waals surface area contributed by atoms with Crippen LogP contribution in [0, 0.1) is 11.8 Å². The first-order valence-electron chi connectivity index (χ1n) is 22.8. The summed E-state index contributed by atoms with van der Waals surface area (Å²) in [6.07, 6.45) is -3.46. The molecular formula is C46H62N8O16S3. The van der Waals surface area contributed by atoms with Crippen molar-refractivity contribution >= 4 is 104 Å². The molecule has 0 aromatic heterocycles. The lowest BCUT2D eigenvalue weighted by atomic mass is 9.89. The predicted octanol–water partition coefficient (Wildman–Crippen LogP) is 0.140. The van der Waals surface area contributed by atoms with E-state index < -0.39 is 127 Å². The summed E-state index contributed by atoms with van der Waals surface area (Å²) in [7, 11) is 2.21. The summed E-state index contributed by atoms with van der Waals surface area (Å²) in [5, 5.41) is 52.8. The van der Waals surface area contributed by atoms with Gasteiger partial charge in [-0.15, -0.1) is 0 Å². The minimum Gasteiger partial charge on any atom is -0.481 e. The third kappa shape index (κ3) is 27.5. The lowest BCUT2D eigenvalue weighted by Gasteiger charge is -2.23. The van der Waals surface area contributed by atoms with Crippen LogP contribution >= 0.6 is 33.8 Å². The average molecular weight is 1080 g/mol. The molecule has 2 aromatic rings. The summed E-state index contributed by atoms with van der Waals surface area (Å²) < 4.78 is 4.60. The lowest BCUT2D eigenvalue weighted by Crippen LogP contribution is -2.53. The van der Waals surface area contributed by atoms with Crippen LogP contribution in [0.2, 0.25) is 0 Å². The van der Waals surface area contributed by atoms with Gasteiger partial charge in [-0.1, -0.05) is 82.3 Å². The summed E-state index contributed by atoms with van der Waals surface area (Å²) in [4.78, 5) is 137. The average Bonchev–Trinajstić information content (AvgIpc) is 3.33. The monoisotopic (exact) mass is 1080 g/mol. The highest BCUT2D eigenvalue weighted by molar-refractivity contribution is 8.76. The fourth-order valence-corrected chi connectivity index (χ4v) is 8.98. The molecular weight excluding hydrogens is 1020 g/mol. The first kappa shape index (κ1) is 62.3. The molecule has 0 spiro atoms. The maximum Gasteiger partial charge on any atom is 0.404 e. The van der Waals surface area contributed by atoms with Gasteiger partial charge in [-0.2, -0.15) is 0 Å². The number of nitrogens with one attached hydrogen (secondary N) is 6. The number of benzene rings is 2. The minimum atomic E-state index is -1.68. The van der Waals surface area contributed by atoms with Crippen molar-refractivity contribution < 1.29 is 77.9 Å². The molecule has 6 atom stereocenters. The molecule has 0 fully saturated rings. The second-order valence-corrected chi connectivity index (χ2v) is 19.3. The summed E-state index contributed by atoms with van der Waals surface area (Å²) in [6, 6.07) is 11.7. The van der Waals surface area contributed by atoms with E-state index in [0.717, 1.165) is 21.6 Å². The van der Waals surface area contributed by atoms with Gasteiger partial charge in [0.15, 0.2) is 16.7 Å². The molecule has 0 aliphatic heterocycles. The standard InChI is InChI=1S/C46H62N8O16S3/c47-31(42(64)53-34(24-40(61)62)36(56)23-30(43(65)66)26-73-72-19-18-70-45(48)69)25-51-41(63)29(20-27-8-3-1-4-9-27)22-35(55)33(21-28-10-5-2-6-11-28)52-38(58)15-17-49-37(57)14-13-32(44(67)68)54-46(71)50-16-7-12-39(59)60/h1-6,8-11,29-34H,7,12-26,47H2,(H2,48,69)(H,49,57)(H,51,63)(H,52,58)(H,53,64)(H,59,60)(H,61,62)(H,65,66)(H,67,68)(H2,50,54,71)/t29-,30-,31+,32+,33+,34+/m1/s1. The van der Waals surface area contributed by atoms with Crippen LogP contribution in [-0.2, 0) is 65.5 Å². The van der Waals surface area contributed by atoms with Crippen molar-refractivity contribution in [2.45, 2.75) is 88.4 Å². The maximum atomic E-state index is 14.1. The largest absolute Gasteiger partial charge is 0.481 e. The van der Waals surface area contributed by atoms with Gasteiger partial charge in [-0.05, 0) is 49.0 Å². The number of hydrogen-bond donors (Lipinski definition) is 12. The Morgan fingerprint density at radius 1 is 0.603 bits per heavy atom. The molecule has 73 heavy (non-hydrogen) atoms. The molecule has 5 amide bonds. The van der Waals surface area contributed by atoms with Crippen molar-refractivity contribution in [2.75, 3.05) is 37.7 Å². The Balaban J connectivity index is 2.10. The number of carboxylic acids is 4. The zero-order chi connectivity index (χ0) is 54.3. The van der Waals surface area contributed by atoms with Crippen molar-refractivity contribution in [2.24, 2.45) is 23.3 Å². The highest BCUT2D eigenvalue weighted by atomic mass is 33.1. The number of aliphatic carboxylic acids is 4. The Labute approximate surface area is 433 Å². The highest BCUT2D eigenvalue weighted by Gasteiger charge is 2.32. The number of nitrogens with two attached hydrogens (primary N) is 2. The fourth-order valence-electron chi connectivity index (χ4n) is 6.60. The molecule has 2 aromatic carbocycles. The van der Waals surface area contributed by atoms with Crippen LogP contribution in [0.25, 0.3) is 0 Å². The summed E-state index contributed by atoms with van der Waals surface area (Å²) in [5.74, 6) is -11.7. The quantitative estimate of drug-likeness (QED) is 0.0243. The van der Waals surface area contributed by atoms with Gasteiger partial charge in [-0.25, -0.2) is 9.59 Å². The number of ketones is 2. The third-order valence-corrected chi connectivity index (χ3v) is 13.1. The van der Waals surface area contributed by atoms with Gasteiger partial charge in [0, 0.05) is 69.2 Å². The first-order chi connectivity index (χ1) is 34.6. The van der Waals surface area contributed by atoms with E-state index in [2.05, 4.69) is 36.6 Å². The van der Waals surface area contributed by atoms with E-state index in [9.17, 15) is 68.1 Å². The van der Waals surface area contributed by atoms with Crippen molar-refractivity contribution in [3.8, 4) is 0 Å². The Hall–Kier alpha value is -6.84. The molecule has 0 heterocycles. The minimum absolute atomic E-state index is 0.0252. The summed E-state index contributed by atoms with van der Waals surface area (Å²) in [6.45, 7) is -0.564. The molecule has 0 radical (unpaired) electrons. The predicted molar refractivity (Wildman–Crippen MR) is 271 cm³/mol. The summed E-state index contributed by atoms with van der Waals surface area (Å²) >= 11 is 5.07. The Morgan fingerprint density at radius 2 is 1.22 bits per heavy atom. The SMILES string of the molecule is NC(=O)OCCSSC[C@@H](CC(=O)[C@H](CC(=O)O)NC(=O)[C@@H](N)CNC(=O)[C@@H](CC(=O)[C@H](Cc1ccccc1)NC(=O)CCNC(=O)CC[C@H](NC(=S)NCCCC(=O)O)C(=O)O)Cc1ccccc1)C(=O)O. The molecule has 0 aliphatic rings. The van der Waals surface area contributed by atoms with Crippen molar-refractivity contribution in [1.29, 1.82) is 0 Å². The zero-order valence-electron chi connectivity index (χ0n) is 39.6. The number of carbonyl (C=O) groups is 11. The number of Topliss-reactive ketones (excluding diaryl/α,β-unsaturated/α-hetero) is 2. The van der Waals surface area contributed by atoms with Crippen LogP contribution in [0.3, 0.4) is 0 Å². The van der Waals surface area contributed by atoms with Crippen LogP contribution in [0.1, 0.15) is 62.5 Å². The highest BCUT2D eigenvalue weighted by Crippen LogP contribution is 2.26. The van der Waals surface area contributed by atoms with Crippen LogP contribution < -0.4 is 43.4 Å². The van der Waals surface area contributed by atoms with Crippen molar-refractivity contribution in [3.05, 3.63) is 71.8 Å². The Morgan fingerprint density at radius 3 is 1.81 bits per heavy atom. The molecule has 400 valence electrons. The molecule has 0 bridgehead atoms. The number of carbonyl (C=O) groups excluding carboxylic acids is 7. The van der Waals surface area contributed by atoms with E-state index in [0.29, 0.717) is 11.1 Å². The number of carboxylic acid groups (broad SMARTS) is 4. The van der Waals surface area contributed by atoms with E-state index in [-0.39, 0.29) is 81.3 Å². The number of ether oxygens (including phenoxy) is 1. The van der Waals surface area contributed by atoms with E-state index in [4.69, 9.17) is 28.8 Å². The molecule has 0 saturated heterocycles. The van der Waals surface area contributed by atoms with E-state index in [1.54, 1.807) is 60.7 Å². The second kappa shape index (κ2) is 34.5. The maximum absolute atomic E-state index is 14.1. The third-order valence-electron chi connectivity index (χ3n) is 10.4. The van der Waals surface area contributed by atoms with Gasteiger partial charge in [0.1, 0.15) is 18.7 Å². The fraction of sp³-hybridized carbons (Fsp3) is 0.478. The number of primary amides is 1. The molecule has 27 heteroatoms. The normalized spacial score (nSPS) is 13.2. The Kier molecular flexibility index (Phi) is 29.4. The van der Waals surface area contributed by atoms with Gasteiger partial charge in [0.2, 0.25) is 23.6 Å². The molecule has 0 aliphatic carbocycles. The summed E-state index contributed by atoms with van der Waals surface area (Å²) in [5.41, 5.74) is 12.3. The van der Waals surface area contributed by atoms with Gasteiger partial charge < -0.3 is 68.5 Å². The van der Waals surface area contributed by atoms with Crippen molar-refractivity contribution in [3.63, 3.8) is 0 Å². The first-order valence-corrected chi connectivity index (χ1v) is 25.7. The molecule has 0 unspecified atom stereocenters. The smallest absolute Gasteiger partial charge is 0.404 e. The van der Waals surface area contributed by atoms with E-state index in [1.165, 1.54) is 0 Å². The molecule has 14 N–H and O–H groups in total. The van der Waals surface area contributed by atoms with Crippen molar-refractivity contribution in [1.82, 2.24) is 31.9 Å². The van der Waals surface area contributed by atoms with Gasteiger partial charge in [-0.3, -0.25) is 43.2 Å². The topological polar surface area (TPSA) is 402 Å². The van der Waals surface area contributed by atoms with Crippen LogP contribution in [0.5, 0.6) is 0 Å². The zero-order valence-corrected chi connectivity index (χ0v) is 42.1. The molecule has 2 rings (SSSR count). The van der Waals surface area contributed by atoms with Gasteiger partial charge in [0.05, 0.1) is 24.4 Å². The second-order valence-electron chi connectivity index (χ2n) is 16.3. The van der Waals surface area contributed by atoms with E-state index in [1.807, 2.05) is 0 Å². The van der Waals surface area contributed by atoms with Crippen LogP contribution in [0.15, 0.2) is 60.7 Å². The van der Waals surface area contributed by atoms with Gasteiger partial charge >= 0.3 is 30.0 Å². The Bertz CT molecular complexity index is 2210.